The molecule has 0 spiro atoms. The average molecular weight is 479 g/mol. The predicted molar refractivity (Wildman–Crippen MR) is 143 cm³/mol. The molecule has 3 rings (SSSR count). The summed E-state index contributed by atoms with van der Waals surface area (Å²) < 4.78 is 44.2. The highest BCUT2D eigenvalue weighted by Crippen LogP contribution is 2.39. The van der Waals surface area contributed by atoms with Crippen molar-refractivity contribution in [2.24, 2.45) is 5.92 Å². The van der Waals surface area contributed by atoms with Gasteiger partial charge in [0.2, 0.25) is 0 Å². The molecule has 0 aromatic heterocycles. The minimum Gasteiger partial charge on any atom is -0.207 e. The average Bonchev–Trinajstić information content (AvgIpc) is 2.86. The molecule has 2 aromatic carbocycles. The van der Waals surface area contributed by atoms with Crippen molar-refractivity contribution >= 4 is 11.1 Å². The van der Waals surface area contributed by atoms with Crippen LogP contribution in [-0.2, 0) is 6.42 Å². The van der Waals surface area contributed by atoms with Gasteiger partial charge in [0.15, 0.2) is 11.6 Å². The lowest BCUT2D eigenvalue weighted by Gasteiger charge is -2.29. The first-order valence-corrected chi connectivity index (χ1v) is 12.8. The zero-order chi connectivity index (χ0) is 25.4. The molecule has 0 bridgehead atoms. The summed E-state index contributed by atoms with van der Waals surface area (Å²) in [6.07, 6.45) is 16.2. The number of hydrogen-bond donors (Lipinski definition) is 0. The van der Waals surface area contributed by atoms with Crippen LogP contribution in [0.25, 0.3) is 11.1 Å². The van der Waals surface area contributed by atoms with Gasteiger partial charge in [0, 0.05) is 5.56 Å². The zero-order valence-corrected chi connectivity index (χ0v) is 21.2. The molecule has 0 N–H and O–H groups in total. The number of benzene rings is 2. The van der Waals surface area contributed by atoms with Gasteiger partial charge >= 0.3 is 0 Å². The zero-order valence-electron chi connectivity index (χ0n) is 21.2. The summed E-state index contributed by atoms with van der Waals surface area (Å²) in [5.41, 5.74) is 3.16. The second kappa shape index (κ2) is 12.8. The largest absolute Gasteiger partial charge is 0.207 e. The Kier molecular flexibility index (Phi) is 9.77. The van der Waals surface area contributed by atoms with Gasteiger partial charge in [0.1, 0.15) is 5.82 Å². The molecule has 0 atom stereocenters. The van der Waals surface area contributed by atoms with Gasteiger partial charge in [0.25, 0.3) is 0 Å². The van der Waals surface area contributed by atoms with Crippen LogP contribution in [0.2, 0.25) is 0 Å². The molecule has 1 saturated carbocycles. The first-order valence-electron chi connectivity index (χ1n) is 12.8. The van der Waals surface area contributed by atoms with Gasteiger partial charge < -0.3 is 0 Å². The standard InChI is InChI=1S/C32H37F3/c1-5-8-10-26-17-19-28(32(35)31(26)34)22(4)11-14-24(7-3)27-18-20-29(30(33)21-27)25-15-12-23(9-6-2)13-16-25/h5,7-8,11,14,17-21,23,25H,4,6,9-10,12-13,15-16H2,1-3H3/b8-5-,14-11-,24-7+. The minimum atomic E-state index is -0.896. The molecule has 1 aliphatic carbocycles. The van der Waals surface area contributed by atoms with E-state index in [1.165, 1.54) is 25.7 Å². The second-order valence-corrected chi connectivity index (χ2v) is 9.52. The summed E-state index contributed by atoms with van der Waals surface area (Å²) in [6, 6.07) is 8.61. The summed E-state index contributed by atoms with van der Waals surface area (Å²) in [5.74, 6) is -0.835. The van der Waals surface area contributed by atoms with E-state index in [2.05, 4.69) is 13.5 Å². The Bertz CT molecular complexity index is 1110. The van der Waals surface area contributed by atoms with E-state index >= 15 is 4.39 Å². The monoisotopic (exact) mass is 478 g/mol. The summed E-state index contributed by atoms with van der Waals surface area (Å²) in [5, 5.41) is 0. The van der Waals surface area contributed by atoms with Crippen molar-refractivity contribution in [1.82, 2.24) is 0 Å². The third-order valence-corrected chi connectivity index (χ3v) is 7.17. The van der Waals surface area contributed by atoms with Gasteiger partial charge in [-0.05, 0) is 91.7 Å². The minimum absolute atomic E-state index is 0.124. The molecule has 35 heavy (non-hydrogen) atoms. The van der Waals surface area contributed by atoms with E-state index in [0.717, 1.165) is 35.5 Å². The van der Waals surface area contributed by atoms with Crippen molar-refractivity contribution in [3.63, 3.8) is 0 Å². The quantitative estimate of drug-likeness (QED) is 0.248. The molecule has 1 aliphatic rings. The molecule has 186 valence electrons. The van der Waals surface area contributed by atoms with Crippen LogP contribution in [0.5, 0.6) is 0 Å². The molecule has 0 heterocycles. The number of hydrogen-bond acceptors (Lipinski definition) is 0. The summed E-state index contributed by atoms with van der Waals surface area (Å²) in [7, 11) is 0. The lowest BCUT2D eigenvalue weighted by atomic mass is 9.77. The second-order valence-electron chi connectivity index (χ2n) is 9.52. The van der Waals surface area contributed by atoms with Gasteiger partial charge in [0.05, 0.1) is 0 Å². The van der Waals surface area contributed by atoms with Crippen LogP contribution in [0.1, 0.15) is 87.5 Å². The maximum Gasteiger partial charge on any atom is 0.166 e. The van der Waals surface area contributed by atoms with Gasteiger partial charge in [-0.2, -0.15) is 0 Å². The number of rotatable bonds is 9. The molecule has 0 nitrogen and oxygen atoms in total. The van der Waals surface area contributed by atoms with Crippen molar-refractivity contribution in [3.05, 3.63) is 107 Å². The Balaban J connectivity index is 1.73. The van der Waals surface area contributed by atoms with E-state index in [1.54, 1.807) is 42.5 Å². The number of halogens is 3. The van der Waals surface area contributed by atoms with Crippen LogP contribution in [0.4, 0.5) is 13.2 Å². The number of allylic oxidation sites excluding steroid dienone is 7. The third-order valence-electron chi connectivity index (χ3n) is 7.17. The van der Waals surface area contributed by atoms with Gasteiger partial charge in [-0.15, -0.1) is 0 Å². The fraction of sp³-hybridized carbons (Fsp3) is 0.375. The molecular formula is C32H37F3. The molecule has 0 radical (unpaired) electrons. The van der Waals surface area contributed by atoms with Crippen LogP contribution in [-0.4, -0.2) is 0 Å². The highest BCUT2D eigenvalue weighted by Gasteiger charge is 2.24. The molecule has 2 aromatic rings. The molecule has 0 unspecified atom stereocenters. The summed E-state index contributed by atoms with van der Waals surface area (Å²) in [4.78, 5) is 0. The van der Waals surface area contributed by atoms with E-state index < -0.39 is 11.6 Å². The van der Waals surface area contributed by atoms with Crippen molar-refractivity contribution in [2.45, 2.75) is 71.6 Å². The Hall–Kier alpha value is -2.81. The lowest BCUT2D eigenvalue weighted by molar-refractivity contribution is 0.304. The normalized spacial score (nSPS) is 19.1. The van der Waals surface area contributed by atoms with Gasteiger partial charge in [-0.25, -0.2) is 13.2 Å². The Morgan fingerprint density at radius 2 is 1.71 bits per heavy atom. The van der Waals surface area contributed by atoms with Crippen LogP contribution in [0, 0.1) is 23.4 Å². The Morgan fingerprint density at radius 3 is 2.34 bits per heavy atom. The SMILES string of the molecule is C=C(/C=C\C(=C/C)c1ccc(C2CCC(CCC)CC2)c(F)c1)c1ccc(C/C=C\C)c(F)c1F. The summed E-state index contributed by atoms with van der Waals surface area (Å²) in [6.45, 7) is 9.86. The first kappa shape index (κ1) is 26.8. The maximum atomic E-state index is 15.1. The Morgan fingerprint density at radius 1 is 0.971 bits per heavy atom. The third kappa shape index (κ3) is 6.66. The van der Waals surface area contributed by atoms with Crippen molar-refractivity contribution in [3.8, 4) is 0 Å². The van der Waals surface area contributed by atoms with Crippen LogP contribution >= 0.6 is 0 Å². The van der Waals surface area contributed by atoms with E-state index in [0.29, 0.717) is 17.6 Å². The fourth-order valence-electron chi connectivity index (χ4n) is 5.09. The smallest absolute Gasteiger partial charge is 0.166 e. The van der Waals surface area contributed by atoms with Crippen molar-refractivity contribution < 1.29 is 13.2 Å². The van der Waals surface area contributed by atoms with Gasteiger partial charge in [-0.1, -0.05) is 81.0 Å². The topological polar surface area (TPSA) is 0 Å². The predicted octanol–water partition coefficient (Wildman–Crippen LogP) is 9.97. The molecule has 1 fully saturated rings. The summed E-state index contributed by atoms with van der Waals surface area (Å²) >= 11 is 0. The maximum absolute atomic E-state index is 15.1. The van der Waals surface area contributed by atoms with E-state index in [4.69, 9.17) is 0 Å². The van der Waals surface area contributed by atoms with Gasteiger partial charge in [-0.3, -0.25) is 0 Å². The van der Waals surface area contributed by atoms with E-state index in [1.807, 2.05) is 32.1 Å². The molecular weight excluding hydrogens is 441 g/mol. The van der Waals surface area contributed by atoms with Crippen LogP contribution in [0.15, 0.2) is 67.3 Å². The molecule has 0 saturated heterocycles. The first-order chi connectivity index (χ1) is 16.9. The fourth-order valence-corrected chi connectivity index (χ4v) is 5.09. The van der Waals surface area contributed by atoms with E-state index in [9.17, 15) is 8.78 Å². The highest BCUT2D eigenvalue weighted by atomic mass is 19.2. The molecule has 0 aliphatic heterocycles. The van der Waals surface area contributed by atoms with Crippen LogP contribution < -0.4 is 0 Å². The molecule has 0 amide bonds. The van der Waals surface area contributed by atoms with Crippen molar-refractivity contribution in [2.75, 3.05) is 0 Å². The molecule has 3 heteroatoms. The van der Waals surface area contributed by atoms with Crippen molar-refractivity contribution in [1.29, 1.82) is 0 Å². The van der Waals surface area contributed by atoms with Crippen LogP contribution in [0.3, 0.4) is 0 Å². The Labute approximate surface area is 209 Å². The van der Waals surface area contributed by atoms with E-state index in [-0.39, 0.29) is 17.3 Å². The lowest BCUT2D eigenvalue weighted by Crippen LogP contribution is -2.14. The highest BCUT2D eigenvalue weighted by molar-refractivity contribution is 5.80.